The van der Waals surface area contributed by atoms with Crippen LogP contribution in [0.15, 0.2) is 51.9 Å². The minimum absolute atomic E-state index is 0.0252. The Labute approximate surface area is 211 Å². The Kier molecular flexibility index (Phi) is 7.38. The summed E-state index contributed by atoms with van der Waals surface area (Å²) < 4.78 is 34.0. The number of benzene rings is 2. The smallest absolute Gasteiger partial charge is 0.248 e. The fourth-order valence-corrected chi connectivity index (χ4v) is 6.05. The summed E-state index contributed by atoms with van der Waals surface area (Å²) in [5, 5.41) is 15.7. The van der Waals surface area contributed by atoms with Crippen LogP contribution in [0.3, 0.4) is 0 Å². The van der Waals surface area contributed by atoms with Crippen LogP contribution in [0, 0.1) is 38.0 Å². The number of amides is 1. The van der Waals surface area contributed by atoms with E-state index >= 15 is 0 Å². The number of carbonyl (C=O) groups excluding carboxylic acids is 1. The molecule has 9 heteroatoms. The lowest BCUT2D eigenvalue weighted by Gasteiger charge is -2.31. The van der Waals surface area contributed by atoms with Gasteiger partial charge in [0.1, 0.15) is 5.69 Å². The molecule has 0 aliphatic carbocycles. The Balaban J connectivity index is 1.53. The first-order valence-corrected chi connectivity index (χ1v) is 13.2. The molecular formula is C27H28N4O4S. The van der Waals surface area contributed by atoms with Gasteiger partial charge in [-0.05, 0) is 75.1 Å². The van der Waals surface area contributed by atoms with Gasteiger partial charge >= 0.3 is 0 Å². The molecule has 4 rings (SSSR count). The van der Waals surface area contributed by atoms with Gasteiger partial charge in [-0.1, -0.05) is 35.0 Å². The van der Waals surface area contributed by atoms with Crippen molar-refractivity contribution >= 4 is 33.8 Å². The number of anilines is 1. The molecule has 3 aromatic rings. The maximum atomic E-state index is 13.6. The summed E-state index contributed by atoms with van der Waals surface area (Å²) >= 11 is 0. The topological polar surface area (TPSA) is 116 Å². The summed E-state index contributed by atoms with van der Waals surface area (Å²) in [5.41, 5.74) is 4.46. The lowest BCUT2D eigenvalue weighted by atomic mass is 9.98. The minimum Gasteiger partial charge on any atom is -0.355 e. The maximum absolute atomic E-state index is 13.6. The number of nitriles is 1. The van der Waals surface area contributed by atoms with Crippen LogP contribution in [0.2, 0.25) is 0 Å². The fraction of sp³-hybridized carbons (Fsp3) is 0.296. The predicted molar refractivity (Wildman–Crippen MR) is 137 cm³/mol. The van der Waals surface area contributed by atoms with Gasteiger partial charge in [-0.25, -0.2) is 8.42 Å². The standard InChI is InChI=1S/C27H28N4O4S/c1-18-6-7-19(2)22(15-18)10-13-25-26(20(3)30-35-25)36(33,34)31-14-4-5-23(17-31)27(32)29-24-11-8-21(16-28)9-12-24/h6-13,15,23H,4-5,14,17H2,1-3H3,(H,29,32). The van der Waals surface area contributed by atoms with E-state index in [9.17, 15) is 13.2 Å². The fourth-order valence-electron chi connectivity index (χ4n) is 4.28. The minimum atomic E-state index is -3.94. The molecule has 1 N–H and O–H groups in total. The highest BCUT2D eigenvalue weighted by Gasteiger charge is 2.37. The summed E-state index contributed by atoms with van der Waals surface area (Å²) in [6.45, 7) is 5.96. The molecule has 0 saturated carbocycles. The van der Waals surface area contributed by atoms with Crippen molar-refractivity contribution in [3.63, 3.8) is 0 Å². The van der Waals surface area contributed by atoms with Gasteiger partial charge in [0.25, 0.3) is 0 Å². The van der Waals surface area contributed by atoms with E-state index < -0.39 is 15.9 Å². The first-order valence-electron chi connectivity index (χ1n) is 11.7. The molecular weight excluding hydrogens is 476 g/mol. The van der Waals surface area contributed by atoms with Gasteiger partial charge < -0.3 is 9.84 Å². The van der Waals surface area contributed by atoms with Crippen molar-refractivity contribution in [2.24, 2.45) is 5.92 Å². The highest BCUT2D eigenvalue weighted by atomic mass is 32.2. The Bertz CT molecular complexity index is 1450. The molecule has 1 aliphatic rings. The normalized spacial score (nSPS) is 16.7. The molecule has 36 heavy (non-hydrogen) atoms. The Morgan fingerprint density at radius 1 is 1.17 bits per heavy atom. The van der Waals surface area contributed by atoms with Crippen LogP contribution in [0.4, 0.5) is 5.69 Å². The van der Waals surface area contributed by atoms with Crippen LogP contribution in [-0.2, 0) is 14.8 Å². The van der Waals surface area contributed by atoms with E-state index in [2.05, 4.69) is 10.5 Å². The third-order valence-electron chi connectivity index (χ3n) is 6.32. The molecule has 2 heterocycles. The molecule has 8 nitrogen and oxygen atoms in total. The number of piperidine rings is 1. The Morgan fingerprint density at radius 2 is 1.92 bits per heavy atom. The molecule has 1 atom stereocenters. The van der Waals surface area contributed by atoms with E-state index in [1.54, 1.807) is 37.3 Å². The van der Waals surface area contributed by atoms with Crippen molar-refractivity contribution in [2.45, 2.75) is 38.5 Å². The van der Waals surface area contributed by atoms with Gasteiger partial charge in [0, 0.05) is 18.8 Å². The monoisotopic (exact) mass is 504 g/mol. The van der Waals surface area contributed by atoms with Crippen molar-refractivity contribution < 1.29 is 17.7 Å². The van der Waals surface area contributed by atoms with E-state index in [0.717, 1.165) is 16.7 Å². The third kappa shape index (κ3) is 5.40. The number of carbonyl (C=O) groups is 1. The van der Waals surface area contributed by atoms with Crippen molar-refractivity contribution in [1.29, 1.82) is 5.26 Å². The van der Waals surface area contributed by atoms with Crippen molar-refractivity contribution in [1.82, 2.24) is 9.46 Å². The van der Waals surface area contributed by atoms with E-state index in [1.165, 1.54) is 4.31 Å². The number of nitrogens with zero attached hydrogens (tertiary/aromatic N) is 3. The van der Waals surface area contributed by atoms with Crippen LogP contribution in [0.5, 0.6) is 0 Å². The molecule has 0 bridgehead atoms. The molecule has 186 valence electrons. The second-order valence-electron chi connectivity index (χ2n) is 9.04. The number of hydrogen-bond acceptors (Lipinski definition) is 6. The zero-order valence-corrected chi connectivity index (χ0v) is 21.3. The van der Waals surface area contributed by atoms with Gasteiger partial charge in [-0.2, -0.15) is 9.57 Å². The van der Waals surface area contributed by atoms with Crippen LogP contribution in [0.1, 0.15) is 46.5 Å². The molecule has 2 aromatic carbocycles. The molecule has 0 radical (unpaired) electrons. The molecule has 1 unspecified atom stereocenters. The number of aryl methyl sites for hydroxylation is 3. The van der Waals surface area contributed by atoms with E-state index in [-0.39, 0.29) is 28.8 Å². The summed E-state index contributed by atoms with van der Waals surface area (Å²) in [7, 11) is -3.94. The van der Waals surface area contributed by atoms with Crippen molar-refractivity contribution in [2.75, 3.05) is 18.4 Å². The van der Waals surface area contributed by atoms with Crippen molar-refractivity contribution in [3.05, 3.63) is 76.2 Å². The average Bonchev–Trinajstić information content (AvgIpc) is 3.26. The lowest BCUT2D eigenvalue weighted by molar-refractivity contribution is -0.120. The second-order valence-corrected chi connectivity index (χ2v) is 10.9. The molecule has 1 saturated heterocycles. The van der Waals surface area contributed by atoms with Crippen LogP contribution in [-0.4, -0.2) is 36.9 Å². The van der Waals surface area contributed by atoms with Gasteiger partial charge in [0.2, 0.25) is 15.9 Å². The highest BCUT2D eigenvalue weighted by Crippen LogP contribution is 2.30. The summed E-state index contributed by atoms with van der Waals surface area (Å²) in [4.78, 5) is 12.9. The van der Waals surface area contributed by atoms with Crippen molar-refractivity contribution in [3.8, 4) is 6.07 Å². The molecule has 1 amide bonds. The number of rotatable bonds is 6. The van der Waals surface area contributed by atoms with Gasteiger partial charge in [0.15, 0.2) is 10.7 Å². The SMILES string of the molecule is Cc1ccc(C)c(C=Cc2onc(C)c2S(=O)(=O)N2CCCC(C(=O)Nc3ccc(C#N)cc3)C2)c1. The molecule has 1 fully saturated rings. The maximum Gasteiger partial charge on any atom is 0.248 e. The summed E-state index contributed by atoms with van der Waals surface area (Å²) in [6.07, 6.45) is 4.60. The van der Waals surface area contributed by atoms with Crippen LogP contribution in [0.25, 0.3) is 12.2 Å². The summed E-state index contributed by atoms with van der Waals surface area (Å²) in [6, 6.07) is 14.6. The Hall–Kier alpha value is -3.74. The average molecular weight is 505 g/mol. The van der Waals surface area contributed by atoms with Gasteiger partial charge in [0.05, 0.1) is 17.6 Å². The summed E-state index contributed by atoms with van der Waals surface area (Å²) in [5.74, 6) is -0.590. The third-order valence-corrected chi connectivity index (χ3v) is 8.34. The molecule has 0 spiro atoms. The number of aromatic nitrogens is 1. The number of nitrogens with one attached hydrogen (secondary N) is 1. The zero-order valence-electron chi connectivity index (χ0n) is 20.5. The van der Waals surface area contributed by atoms with Gasteiger partial charge in [-0.3, -0.25) is 4.79 Å². The van der Waals surface area contributed by atoms with Crippen LogP contribution < -0.4 is 5.32 Å². The first kappa shape index (κ1) is 25.4. The zero-order chi connectivity index (χ0) is 25.9. The highest BCUT2D eigenvalue weighted by molar-refractivity contribution is 7.89. The molecule has 1 aliphatic heterocycles. The number of sulfonamides is 1. The largest absolute Gasteiger partial charge is 0.355 e. The second kappa shape index (κ2) is 10.5. The Morgan fingerprint density at radius 3 is 2.64 bits per heavy atom. The first-order chi connectivity index (χ1) is 17.2. The van der Waals surface area contributed by atoms with Crippen LogP contribution >= 0.6 is 0 Å². The lowest BCUT2D eigenvalue weighted by Crippen LogP contribution is -2.43. The van der Waals surface area contributed by atoms with E-state index in [1.807, 2.05) is 44.2 Å². The molecule has 1 aromatic heterocycles. The van der Waals surface area contributed by atoms with E-state index in [4.69, 9.17) is 9.78 Å². The predicted octanol–water partition coefficient (Wildman–Crippen LogP) is 4.68. The van der Waals surface area contributed by atoms with E-state index in [0.29, 0.717) is 30.6 Å². The quantitative estimate of drug-likeness (QED) is 0.521. The number of hydrogen-bond donors (Lipinski definition) is 1. The van der Waals surface area contributed by atoms with Gasteiger partial charge in [-0.15, -0.1) is 0 Å².